The van der Waals surface area contributed by atoms with Crippen LogP contribution < -0.4 is 15.5 Å². The summed E-state index contributed by atoms with van der Waals surface area (Å²) >= 11 is 0. The predicted octanol–water partition coefficient (Wildman–Crippen LogP) is 2.32. The maximum Gasteiger partial charge on any atom is 0.253 e. The van der Waals surface area contributed by atoms with Gasteiger partial charge >= 0.3 is 0 Å². The van der Waals surface area contributed by atoms with Crippen LogP contribution in [0.1, 0.15) is 42.1 Å². The van der Waals surface area contributed by atoms with Crippen molar-refractivity contribution in [1.29, 1.82) is 0 Å². The molecule has 2 fully saturated rings. The molecule has 4 heteroatoms. The van der Waals surface area contributed by atoms with E-state index in [2.05, 4.69) is 41.5 Å². The van der Waals surface area contributed by atoms with Crippen LogP contribution in [0.25, 0.3) is 0 Å². The van der Waals surface area contributed by atoms with Gasteiger partial charge < -0.3 is 15.5 Å². The number of rotatable bonds is 3. The molecule has 2 aliphatic rings. The molecule has 0 aromatic heterocycles. The Balaban J connectivity index is 1.79. The molecular formula is C18H27N3O. The lowest BCUT2D eigenvalue weighted by Gasteiger charge is -2.31. The van der Waals surface area contributed by atoms with Gasteiger partial charge in [0.15, 0.2) is 0 Å². The van der Waals surface area contributed by atoms with Crippen molar-refractivity contribution in [3.63, 3.8) is 0 Å². The molecule has 3 rings (SSSR count). The molecule has 22 heavy (non-hydrogen) atoms. The number of anilines is 1. The number of carbonyl (C=O) groups excluding carboxylic acids is 1. The van der Waals surface area contributed by atoms with Crippen LogP contribution in [0.4, 0.5) is 5.69 Å². The minimum absolute atomic E-state index is 0.0751. The minimum atomic E-state index is 0.0751. The van der Waals surface area contributed by atoms with Crippen molar-refractivity contribution in [2.75, 3.05) is 31.1 Å². The van der Waals surface area contributed by atoms with Gasteiger partial charge in [0.1, 0.15) is 0 Å². The van der Waals surface area contributed by atoms with E-state index in [4.69, 9.17) is 0 Å². The van der Waals surface area contributed by atoms with E-state index in [1.54, 1.807) is 0 Å². The van der Waals surface area contributed by atoms with Gasteiger partial charge in [-0.15, -0.1) is 0 Å². The maximum absolute atomic E-state index is 12.8. The van der Waals surface area contributed by atoms with Crippen molar-refractivity contribution in [2.45, 2.75) is 39.2 Å². The second kappa shape index (κ2) is 6.69. The van der Waals surface area contributed by atoms with Crippen LogP contribution in [-0.2, 0) is 0 Å². The summed E-state index contributed by atoms with van der Waals surface area (Å²) in [5.74, 6) is 0.608. The number of benzene rings is 1. The van der Waals surface area contributed by atoms with Crippen molar-refractivity contribution in [3.05, 3.63) is 29.3 Å². The third kappa shape index (κ3) is 3.27. The summed E-state index contributed by atoms with van der Waals surface area (Å²) in [6.45, 7) is 8.32. The Morgan fingerprint density at radius 2 is 2.09 bits per heavy atom. The molecule has 0 spiro atoms. The van der Waals surface area contributed by atoms with Gasteiger partial charge in [0.25, 0.3) is 5.91 Å². The summed E-state index contributed by atoms with van der Waals surface area (Å²) in [5, 5.41) is 6.63. The molecule has 2 N–H and O–H groups in total. The Kier molecular flexibility index (Phi) is 4.67. The van der Waals surface area contributed by atoms with Gasteiger partial charge in [0.05, 0.1) is 5.56 Å². The lowest BCUT2D eigenvalue weighted by Crippen LogP contribution is -2.50. The Morgan fingerprint density at radius 3 is 2.82 bits per heavy atom. The third-order valence-corrected chi connectivity index (χ3v) is 4.99. The second-order valence-corrected chi connectivity index (χ2v) is 6.76. The van der Waals surface area contributed by atoms with Gasteiger partial charge in [-0.25, -0.2) is 0 Å². The highest BCUT2D eigenvalue weighted by Gasteiger charge is 2.25. The first kappa shape index (κ1) is 15.3. The van der Waals surface area contributed by atoms with Gasteiger partial charge in [0.2, 0.25) is 0 Å². The van der Waals surface area contributed by atoms with Gasteiger partial charge in [-0.1, -0.05) is 18.6 Å². The van der Waals surface area contributed by atoms with E-state index in [0.717, 1.165) is 49.4 Å². The van der Waals surface area contributed by atoms with Crippen LogP contribution in [0.3, 0.4) is 0 Å². The summed E-state index contributed by atoms with van der Waals surface area (Å²) < 4.78 is 0. The fourth-order valence-corrected chi connectivity index (χ4v) is 3.49. The molecule has 2 unspecified atom stereocenters. The third-order valence-electron chi connectivity index (χ3n) is 4.99. The smallest absolute Gasteiger partial charge is 0.253 e. The van der Waals surface area contributed by atoms with E-state index >= 15 is 0 Å². The fourth-order valence-electron chi connectivity index (χ4n) is 3.49. The lowest BCUT2D eigenvalue weighted by atomic mass is 9.94. The van der Waals surface area contributed by atoms with Crippen molar-refractivity contribution in [3.8, 4) is 0 Å². The SMILES string of the molecule is Cc1ccc(N2CCCC2)c(C(=O)NC2CNCCC2C)c1. The molecule has 0 radical (unpaired) electrons. The number of nitrogens with one attached hydrogen (secondary N) is 2. The first-order valence-corrected chi connectivity index (χ1v) is 8.52. The van der Waals surface area contributed by atoms with E-state index in [1.807, 2.05) is 6.07 Å². The zero-order valence-corrected chi connectivity index (χ0v) is 13.7. The molecule has 120 valence electrons. The van der Waals surface area contributed by atoms with Crippen LogP contribution in [0.15, 0.2) is 18.2 Å². The van der Waals surface area contributed by atoms with E-state index in [9.17, 15) is 4.79 Å². The fraction of sp³-hybridized carbons (Fsp3) is 0.611. The van der Waals surface area contributed by atoms with Crippen LogP contribution in [-0.4, -0.2) is 38.1 Å². The number of carbonyl (C=O) groups is 1. The predicted molar refractivity (Wildman–Crippen MR) is 90.5 cm³/mol. The summed E-state index contributed by atoms with van der Waals surface area (Å²) in [5.41, 5.74) is 3.07. The molecule has 2 atom stereocenters. The molecular weight excluding hydrogens is 274 g/mol. The van der Waals surface area contributed by atoms with Crippen LogP contribution in [0, 0.1) is 12.8 Å². The van der Waals surface area contributed by atoms with Crippen LogP contribution in [0.5, 0.6) is 0 Å². The first-order chi connectivity index (χ1) is 10.6. The quantitative estimate of drug-likeness (QED) is 0.900. The average molecular weight is 301 g/mol. The number of amides is 1. The average Bonchev–Trinajstić information content (AvgIpc) is 3.03. The largest absolute Gasteiger partial charge is 0.371 e. The minimum Gasteiger partial charge on any atom is -0.371 e. The number of hydrogen-bond donors (Lipinski definition) is 2. The maximum atomic E-state index is 12.8. The molecule has 1 aromatic rings. The standard InChI is InChI=1S/C18H27N3O/c1-13-5-6-17(21-9-3-4-10-21)15(11-13)18(22)20-16-12-19-8-7-14(16)2/h5-6,11,14,16,19H,3-4,7-10,12H2,1-2H3,(H,20,22). The zero-order chi connectivity index (χ0) is 15.5. The number of piperidine rings is 1. The lowest BCUT2D eigenvalue weighted by molar-refractivity contribution is 0.0915. The molecule has 0 aliphatic carbocycles. The van der Waals surface area contributed by atoms with Crippen LogP contribution in [0.2, 0.25) is 0 Å². The second-order valence-electron chi connectivity index (χ2n) is 6.76. The Hall–Kier alpha value is -1.55. The highest BCUT2D eigenvalue weighted by atomic mass is 16.1. The summed E-state index contributed by atoms with van der Waals surface area (Å²) in [7, 11) is 0. The topological polar surface area (TPSA) is 44.4 Å². The molecule has 1 amide bonds. The summed E-state index contributed by atoms with van der Waals surface area (Å²) in [4.78, 5) is 15.2. The monoisotopic (exact) mass is 301 g/mol. The number of nitrogens with zero attached hydrogens (tertiary/aromatic N) is 1. The van der Waals surface area contributed by atoms with Gasteiger partial charge in [-0.3, -0.25) is 4.79 Å². The molecule has 2 heterocycles. The van der Waals surface area contributed by atoms with Crippen molar-refractivity contribution in [2.24, 2.45) is 5.92 Å². The van der Waals surface area contributed by atoms with Crippen LogP contribution >= 0.6 is 0 Å². The number of aryl methyl sites for hydroxylation is 1. The van der Waals surface area contributed by atoms with E-state index in [1.165, 1.54) is 12.8 Å². The molecule has 0 saturated carbocycles. The Morgan fingerprint density at radius 1 is 1.32 bits per heavy atom. The summed E-state index contributed by atoms with van der Waals surface area (Å²) in [6.07, 6.45) is 3.56. The normalized spacial score (nSPS) is 25.3. The van der Waals surface area contributed by atoms with Gasteiger partial charge in [0, 0.05) is 31.4 Å². The van der Waals surface area contributed by atoms with Gasteiger partial charge in [-0.05, 0) is 50.8 Å². The van der Waals surface area contributed by atoms with Crippen molar-refractivity contribution < 1.29 is 4.79 Å². The summed E-state index contributed by atoms with van der Waals surface area (Å²) in [6, 6.07) is 6.48. The molecule has 2 aliphatic heterocycles. The molecule has 1 aromatic carbocycles. The Bertz CT molecular complexity index is 537. The highest BCUT2D eigenvalue weighted by Crippen LogP contribution is 2.26. The van der Waals surface area contributed by atoms with Crippen molar-refractivity contribution in [1.82, 2.24) is 10.6 Å². The van der Waals surface area contributed by atoms with Crippen molar-refractivity contribution >= 4 is 11.6 Å². The number of hydrogen-bond acceptors (Lipinski definition) is 3. The molecule has 0 bridgehead atoms. The first-order valence-electron chi connectivity index (χ1n) is 8.52. The van der Waals surface area contributed by atoms with E-state index < -0.39 is 0 Å². The highest BCUT2D eigenvalue weighted by molar-refractivity contribution is 6.00. The van der Waals surface area contributed by atoms with Gasteiger partial charge in [-0.2, -0.15) is 0 Å². The van der Waals surface area contributed by atoms with E-state index in [0.29, 0.717) is 5.92 Å². The molecule has 4 nitrogen and oxygen atoms in total. The zero-order valence-electron chi connectivity index (χ0n) is 13.7. The van der Waals surface area contributed by atoms with E-state index in [-0.39, 0.29) is 11.9 Å². The molecule has 2 saturated heterocycles. The Labute approximate surface area is 133 Å².